The summed E-state index contributed by atoms with van der Waals surface area (Å²) in [5.41, 5.74) is 3.00. The predicted molar refractivity (Wildman–Crippen MR) is 132 cm³/mol. The number of benzene rings is 3. The van der Waals surface area contributed by atoms with Crippen LogP contribution in [0.2, 0.25) is 0 Å². The molecule has 3 rings (SSSR count). The summed E-state index contributed by atoms with van der Waals surface area (Å²) in [6, 6.07) is 22.7. The fourth-order valence-electron chi connectivity index (χ4n) is 3.49. The normalized spacial score (nSPS) is 12.2. The lowest BCUT2D eigenvalue weighted by atomic mass is 9.94. The Labute approximate surface area is 202 Å². The zero-order chi connectivity index (χ0) is 24.6. The van der Waals surface area contributed by atoms with Crippen molar-refractivity contribution in [1.29, 1.82) is 0 Å². The van der Waals surface area contributed by atoms with Crippen LogP contribution in [0.15, 0.2) is 88.7 Å². The molecule has 3 aromatic rings. The summed E-state index contributed by atoms with van der Waals surface area (Å²) in [5.74, 6) is -0.0242. The van der Waals surface area contributed by atoms with E-state index in [2.05, 4.69) is 0 Å². The van der Waals surface area contributed by atoms with Crippen LogP contribution < -0.4 is 0 Å². The summed E-state index contributed by atoms with van der Waals surface area (Å²) in [4.78, 5) is 0.232. The molecule has 0 atom stereocenters. The highest BCUT2D eigenvalue weighted by atomic mass is 32.2. The molecule has 0 saturated heterocycles. The van der Waals surface area contributed by atoms with Gasteiger partial charge in [0.15, 0.2) is 0 Å². The summed E-state index contributed by atoms with van der Waals surface area (Å²) < 4.78 is 60.5. The molecule has 34 heavy (non-hydrogen) atoms. The number of rotatable bonds is 12. The van der Waals surface area contributed by atoms with Gasteiger partial charge in [-0.15, -0.1) is 0 Å². The van der Waals surface area contributed by atoms with Crippen molar-refractivity contribution in [2.24, 2.45) is 5.92 Å². The summed E-state index contributed by atoms with van der Waals surface area (Å²) in [6.45, 7) is 3.76. The number of hydrogen-bond acceptors (Lipinski definition) is 6. The lowest BCUT2D eigenvalue weighted by Crippen LogP contribution is -2.16. The van der Waals surface area contributed by atoms with Gasteiger partial charge in [-0.25, -0.2) is 0 Å². The van der Waals surface area contributed by atoms with Gasteiger partial charge in [-0.1, -0.05) is 65.7 Å². The van der Waals surface area contributed by atoms with E-state index in [1.807, 2.05) is 44.2 Å². The molecule has 0 bridgehead atoms. The molecule has 0 aromatic heterocycles. The lowest BCUT2D eigenvalue weighted by Gasteiger charge is -2.17. The second kappa shape index (κ2) is 11.8. The van der Waals surface area contributed by atoms with Gasteiger partial charge in [-0.05, 0) is 68.9 Å². The molecule has 0 N–H and O–H groups in total. The topological polar surface area (TPSA) is 86.7 Å². The third kappa shape index (κ3) is 7.77. The van der Waals surface area contributed by atoms with Crippen LogP contribution in [0.5, 0.6) is 0 Å². The highest BCUT2D eigenvalue weighted by molar-refractivity contribution is 7.87. The monoisotopic (exact) mass is 502 g/mol. The summed E-state index contributed by atoms with van der Waals surface area (Å²) >= 11 is 0. The van der Waals surface area contributed by atoms with Crippen LogP contribution in [0, 0.1) is 19.8 Å². The Bertz CT molecular complexity index is 1170. The van der Waals surface area contributed by atoms with Gasteiger partial charge in [0.2, 0.25) is 0 Å². The van der Waals surface area contributed by atoms with Gasteiger partial charge in [0.1, 0.15) is 0 Å². The molecule has 8 heteroatoms. The first-order valence-electron chi connectivity index (χ1n) is 11.1. The van der Waals surface area contributed by atoms with Gasteiger partial charge in [-0.3, -0.25) is 8.37 Å². The zero-order valence-corrected chi connectivity index (χ0v) is 21.0. The molecule has 0 fully saturated rings. The summed E-state index contributed by atoms with van der Waals surface area (Å²) in [7, 11) is -7.71. The molecule has 0 aliphatic rings. The third-order valence-corrected chi connectivity index (χ3v) is 8.17. The van der Waals surface area contributed by atoms with Crippen molar-refractivity contribution in [2.75, 3.05) is 13.2 Å². The molecular weight excluding hydrogens is 472 g/mol. The molecule has 182 valence electrons. The van der Waals surface area contributed by atoms with Gasteiger partial charge < -0.3 is 0 Å². The first-order valence-corrected chi connectivity index (χ1v) is 13.9. The minimum absolute atomic E-state index is 0.00157. The van der Waals surface area contributed by atoms with Crippen molar-refractivity contribution in [3.05, 3.63) is 95.6 Å². The zero-order valence-electron chi connectivity index (χ0n) is 19.4. The second-order valence-corrected chi connectivity index (χ2v) is 11.5. The van der Waals surface area contributed by atoms with E-state index in [4.69, 9.17) is 8.37 Å². The standard InChI is InChI=1S/C26H30O6S2/c1-21-8-12-25(13-9-21)33(27,28)31-18-16-24(20-23-6-4-3-5-7-23)17-19-32-34(29,30)26-14-10-22(2)11-15-26/h3-15,24H,16-20H2,1-2H3. The van der Waals surface area contributed by atoms with Crippen molar-refractivity contribution < 1.29 is 25.2 Å². The Kier molecular flexibility index (Phi) is 9.02. The Morgan fingerprint density at radius 1 is 0.618 bits per heavy atom. The Balaban J connectivity index is 1.60. The van der Waals surface area contributed by atoms with Gasteiger partial charge in [0, 0.05) is 0 Å². The molecule has 0 radical (unpaired) electrons. The van der Waals surface area contributed by atoms with Crippen LogP contribution in [0.25, 0.3) is 0 Å². The highest BCUT2D eigenvalue weighted by Gasteiger charge is 2.19. The third-order valence-electron chi connectivity index (χ3n) is 5.52. The molecule has 3 aromatic carbocycles. The summed E-state index contributed by atoms with van der Waals surface area (Å²) in [6.07, 6.45) is 1.53. The first kappa shape index (κ1) is 26.1. The Hall–Kier alpha value is -2.52. The maximum atomic E-state index is 12.5. The average Bonchev–Trinajstić information content (AvgIpc) is 2.80. The molecule has 0 unspecified atom stereocenters. The number of hydrogen-bond donors (Lipinski definition) is 0. The highest BCUT2D eigenvalue weighted by Crippen LogP contribution is 2.21. The quantitative estimate of drug-likeness (QED) is 0.322. The van der Waals surface area contributed by atoms with Crippen molar-refractivity contribution in [2.45, 2.75) is 42.9 Å². The fourth-order valence-corrected chi connectivity index (χ4v) is 5.33. The molecule has 0 heterocycles. The predicted octanol–water partition coefficient (Wildman–Crippen LogP) is 5.05. The smallest absolute Gasteiger partial charge is 0.266 e. The first-order chi connectivity index (χ1) is 16.2. The minimum Gasteiger partial charge on any atom is -0.266 e. The van der Waals surface area contributed by atoms with Gasteiger partial charge in [0.25, 0.3) is 20.2 Å². The Morgan fingerprint density at radius 3 is 1.44 bits per heavy atom. The maximum absolute atomic E-state index is 12.5. The van der Waals surface area contributed by atoms with Gasteiger partial charge in [-0.2, -0.15) is 16.8 Å². The molecule has 0 aliphatic heterocycles. The van der Waals surface area contributed by atoms with E-state index < -0.39 is 20.2 Å². The van der Waals surface area contributed by atoms with E-state index >= 15 is 0 Å². The molecule has 0 spiro atoms. The van der Waals surface area contributed by atoms with Crippen LogP contribution in [0.1, 0.15) is 29.5 Å². The lowest BCUT2D eigenvalue weighted by molar-refractivity contribution is 0.241. The summed E-state index contributed by atoms with van der Waals surface area (Å²) in [5, 5.41) is 0. The number of aryl methyl sites for hydroxylation is 2. The Morgan fingerprint density at radius 2 is 1.03 bits per heavy atom. The fraction of sp³-hybridized carbons (Fsp3) is 0.308. The van der Waals surface area contributed by atoms with Crippen molar-refractivity contribution in [3.8, 4) is 0 Å². The van der Waals surface area contributed by atoms with Crippen LogP contribution in [-0.4, -0.2) is 30.0 Å². The SMILES string of the molecule is Cc1ccc(S(=O)(=O)OCCC(CCOS(=O)(=O)c2ccc(C)cc2)Cc2ccccc2)cc1. The van der Waals surface area contributed by atoms with E-state index in [0.717, 1.165) is 16.7 Å². The van der Waals surface area contributed by atoms with Crippen LogP contribution >= 0.6 is 0 Å². The van der Waals surface area contributed by atoms with E-state index in [1.54, 1.807) is 24.3 Å². The largest absolute Gasteiger partial charge is 0.296 e. The van der Waals surface area contributed by atoms with Gasteiger partial charge >= 0.3 is 0 Å². The molecule has 0 amide bonds. The molecule has 0 aliphatic carbocycles. The van der Waals surface area contributed by atoms with Crippen molar-refractivity contribution in [1.82, 2.24) is 0 Å². The maximum Gasteiger partial charge on any atom is 0.296 e. The van der Waals surface area contributed by atoms with Crippen molar-refractivity contribution in [3.63, 3.8) is 0 Å². The average molecular weight is 503 g/mol. The van der Waals surface area contributed by atoms with E-state index in [-0.39, 0.29) is 28.9 Å². The van der Waals surface area contributed by atoms with E-state index in [1.165, 1.54) is 24.3 Å². The van der Waals surface area contributed by atoms with E-state index in [9.17, 15) is 16.8 Å². The van der Waals surface area contributed by atoms with Crippen LogP contribution in [0.3, 0.4) is 0 Å². The van der Waals surface area contributed by atoms with Crippen LogP contribution in [0.4, 0.5) is 0 Å². The second-order valence-electron chi connectivity index (χ2n) is 8.31. The molecule has 0 saturated carbocycles. The molecular formula is C26H30O6S2. The van der Waals surface area contributed by atoms with E-state index in [0.29, 0.717) is 19.3 Å². The van der Waals surface area contributed by atoms with Gasteiger partial charge in [0.05, 0.1) is 23.0 Å². The minimum atomic E-state index is -3.86. The van der Waals surface area contributed by atoms with Crippen molar-refractivity contribution >= 4 is 20.2 Å². The van der Waals surface area contributed by atoms with Crippen LogP contribution in [-0.2, 0) is 35.0 Å². The molecule has 6 nitrogen and oxygen atoms in total.